The first kappa shape index (κ1) is 26.1. The molecule has 35 heavy (non-hydrogen) atoms. The van der Waals surface area contributed by atoms with Gasteiger partial charge in [-0.1, -0.05) is 0 Å². The number of benzene rings is 2. The molecular formula is C21H16F6N2O5S. The molecule has 3 rings (SSSR count). The zero-order valence-electron chi connectivity index (χ0n) is 18.1. The fourth-order valence-electron chi connectivity index (χ4n) is 3.17. The fourth-order valence-corrected chi connectivity index (χ4v) is 4.15. The number of ether oxygens (including phenoxy) is 2. The molecular weight excluding hydrogens is 506 g/mol. The Morgan fingerprint density at radius 2 is 1.69 bits per heavy atom. The minimum absolute atomic E-state index is 0.262. The van der Waals surface area contributed by atoms with Crippen LogP contribution in [0.15, 0.2) is 35.2 Å². The van der Waals surface area contributed by atoms with Crippen LogP contribution in [-0.4, -0.2) is 32.7 Å². The number of nitrogens with zero attached hydrogens (tertiary/aromatic N) is 1. The van der Waals surface area contributed by atoms with Crippen LogP contribution in [0.2, 0.25) is 0 Å². The van der Waals surface area contributed by atoms with Gasteiger partial charge in [-0.2, -0.15) is 17.6 Å². The Balaban J connectivity index is 2.29. The van der Waals surface area contributed by atoms with Gasteiger partial charge in [0.2, 0.25) is 21.6 Å². The van der Waals surface area contributed by atoms with E-state index >= 15 is 0 Å². The van der Waals surface area contributed by atoms with E-state index in [9.17, 15) is 39.9 Å². The third-order valence-corrected chi connectivity index (χ3v) is 6.33. The molecule has 1 aromatic heterocycles. The SMILES string of the molecule is CNS(=O)(=O)c1c(O)cc(-c2cc(F)c(C(F)(F)F)cc2Oc2ccc(F)c(F)c2OC)nc1C. The smallest absolute Gasteiger partial charge is 0.419 e. The summed E-state index contributed by atoms with van der Waals surface area (Å²) in [6, 6.07) is 2.94. The van der Waals surface area contributed by atoms with Gasteiger partial charge in [0.1, 0.15) is 22.2 Å². The Kier molecular flexibility index (Phi) is 6.90. The van der Waals surface area contributed by atoms with E-state index in [2.05, 4.69) is 4.98 Å². The highest BCUT2D eigenvalue weighted by molar-refractivity contribution is 7.89. The first-order chi connectivity index (χ1) is 16.2. The summed E-state index contributed by atoms with van der Waals surface area (Å²) in [6.07, 6.45) is -5.16. The maximum Gasteiger partial charge on any atom is 0.419 e. The summed E-state index contributed by atoms with van der Waals surface area (Å²) in [4.78, 5) is 3.35. The normalized spacial score (nSPS) is 12.0. The lowest BCUT2D eigenvalue weighted by molar-refractivity contribution is -0.140. The quantitative estimate of drug-likeness (QED) is 0.447. The zero-order chi connectivity index (χ0) is 26.3. The molecule has 0 saturated heterocycles. The molecule has 2 aromatic carbocycles. The summed E-state index contributed by atoms with van der Waals surface area (Å²) in [7, 11) is -2.14. The Morgan fingerprint density at radius 3 is 2.23 bits per heavy atom. The fraction of sp³-hybridized carbons (Fsp3) is 0.190. The molecule has 0 saturated carbocycles. The first-order valence-electron chi connectivity index (χ1n) is 9.46. The minimum atomic E-state index is -5.16. The van der Waals surface area contributed by atoms with Crippen LogP contribution in [0.1, 0.15) is 11.3 Å². The average molecular weight is 522 g/mol. The number of halogens is 6. The van der Waals surface area contributed by atoms with Crippen LogP contribution >= 0.6 is 0 Å². The topological polar surface area (TPSA) is 97.8 Å². The average Bonchev–Trinajstić information content (AvgIpc) is 2.76. The van der Waals surface area contributed by atoms with Crippen LogP contribution in [0.5, 0.6) is 23.0 Å². The highest BCUT2D eigenvalue weighted by Crippen LogP contribution is 2.44. The number of hydrogen-bond acceptors (Lipinski definition) is 6. The van der Waals surface area contributed by atoms with Gasteiger partial charge in [0.05, 0.1) is 24.1 Å². The van der Waals surface area contributed by atoms with Gasteiger partial charge < -0.3 is 14.6 Å². The molecule has 2 N–H and O–H groups in total. The molecule has 0 fully saturated rings. The van der Waals surface area contributed by atoms with Gasteiger partial charge >= 0.3 is 6.18 Å². The molecule has 3 aromatic rings. The second kappa shape index (κ2) is 9.26. The van der Waals surface area contributed by atoms with Gasteiger partial charge in [-0.25, -0.2) is 21.9 Å². The number of hydrogen-bond donors (Lipinski definition) is 2. The molecule has 0 spiro atoms. The molecule has 0 amide bonds. The van der Waals surface area contributed by atoms with Gasteiger partial charge in [-0.15, -0.1) is 0 Å². The second-order valence-corrected chi connectivity index (χ2v) is 8.79. The molecule has 188 valence electrons. The van der Waals surface area contributed by atoms with Crippen molar-refractivity contribution in [2.24, 2.45) is 0 Å². The molecule has 0 unspecified atom stereocenters. The largest absolute Gasteiger partial charge is 0.506 e. The Bertz CT molecular complexity index is 1390. The van der Waals surface area contributed by atoms with Crippen molar-refractivity contribution in [2.45, 2.75) is 18.0 Å². The van der Waals surface area contributed by atoms with E-state index in [0.717, 1.165) is 26.3 Å². The van der Waals surface area contributed by atoms with E-state index < -0.39 is 72.7 Å². The third kappa shape index (κ3) is 4.98. The van der Waals surface area contributed by atoms with Crippen molar-refractivity contribution >= 4 is 10.0 Å². The minimum Gasteiger partial charge on any atom is -0.506 e. The number of rotatable bonds is 6. The lowest BCUT2D eigenvalue weighted by atomic mass is 10.0. The summed E-state index contributed by atoms with van der Waals surface area (Å²) < 4.78 is 118. The van der Waals surface area contributed by atoms with E-state index in [1.54, 1.807) is 0 Å². The number of sulfonamides is 1. The van der Waals surface area contributed by atoms with Crippen molar-refractivity contribution in [1.82, 2.24) is 9.71 Å². The number of aromatic hydroxyl groups is 1. The van der Waals surface area contributed by atoms with Crippen molar-refractivity contribution in [3.8, 4) is 34.3 Å². The van der Waals surface area contributed by atoms with E-state index in [1.165, 1.54) is 6.92 Å². The first-order valence-corrected chi connectivity index (χ1v) is 10.9. The van der Waals surface area contributed by atoms with E-state index in [4.69, 9.17) is 9.47 Å². The summed E-state index contributed by atoms with van der Waals surface area (Å²) in [5.74, 6) is -7.44. The molecule has 0 radical (unpaired) electrons. The van der Waals surface area contributed by atoms with E-state index in [1.807, 2.05) is 4.72 Å². The molecule has 1 heterocycles. The highest BCUT2D eigenvalue weighted by Gasteiger charge is 2.36. The maximum atomic E-state index is 14.4. The third-order valence-electron chi connectivity index (χ3n) is 4.75. The summed E-state index contributed by atoms with van der Waals surface area (Å²) >= 11 is 0. The lowest BCUT2D eigenvalue weighted by Gasteiger charge is -2.18. The van der Waals surface area contributed by atoms with Gasteiger partial charge in [-0.3, -0.25) is 4.98 Å². The molecule has 7 nitrogen and oxygen atoms in total. The van der Waals surface area contributed by atoms with Crippen molar-refractivity contribution in [3.05, 3.63) is 59.0 Å². The number of alkyl halides is 3. The lowest BCUT2D eigenvalue weighted by Crippen LogP contribution is -2.20. The Hall–Kier alpha value is -3.52. The van der Waals surface area contributed by atoms with Crippen molar-refractivity contribution in [3.63, 3.8) is 0 Å². The molecule has 0 atom stereocenters. The summed E-state index contributed by atoms with van der Waals surface area (Å²) in [5.41, 5.74) is -2.85. The maximum absolute atomic E-state index is 14.4. The van der Waals surface area contributed by atoms with Crippen LogP contribution in [-0.2, 0) is 16.2 Å². The second-order valence-electron chi connectivity index (χ2n) is 6.97. The zero-order valence-corrected chi connectivity index (χ0v) is 18.9. The van der Waals surface area contributed by atoms with Crippen LogP contribution in [0.25, 0.3) is 11.3 Å². The van der Waals surface area contributed by atoms with Crippen LogP contribution in [0, 0.1) is 24.4 Å². The van der Waals surface area contributed by atoms with E-state index in [0.29, 0.717) is 12.1 Å². The number of methoxy groups -OCH3 is 1. The number of pyridine rings is 1. The molecule has 0 aliphatic carbocycles. The Morgan fingerprint density at radius 1 is 1.03 bits per heavy atom. The van der Waals surface area contributed by atoms with Crippen LogP contribution in [0.4, 0.5) is 26.3 Å². The monoisotopic (exact) mass is 522 g/mol. The summed E-state index contributed by atoms with van der Waals surface area (Å²) in [6.45, 7) is 1.19. The highest BCUT2D eigenvalue weighted by atomic mass is 32.2. The predicted molar refractivity (Wildman–Crippen MR) is 110 cm³/mol. The van der Waals surface area contributed by atoms with Gasteiger partial charge in [0.25, 0.3) is 0 Å². The van der Waals surface area contributed by atoms with Crippen molar-refractivity contribution in [1.29, 1.82) is 0 Å². The predicted octanol–water partition coefficient (Wildman–Crippen LogP) is 4.91. The molecule has 0 aliphatic heterocycles. The van der Waals surface area contributed by atoms with Crippen LogP contribution in [0.3, 0.4) is 0 Å². The molecule has 0 aliphatic rings. The number of aromatic nitrogens is 1. The van der Waals surface area contributed by atoms with Gasteiger partial charge in [-0.05, 0) is 38.2 Å². The number of aryl methyl sites for hydroxylation is 1. The molecule has 0 bridgehead atoms. The van der Waals surface area contributed by atoms with Crippen molar-refractivity contribution in [2.75, 3.05) is 14.2 Å². The van der Waals surface area contributed by atoms with Crippen molar-refractivity contribution < 1.29 is 49.3 Å². The number of nitrogens with one attached hydrogen (secondary N) is 1. The van der Waals surface area contributed by atoms with Gasteiger partial charge in [0.15, 0.2) is 11.6 Å². The molecule has 14 heteroatoms. The standard InChI is InChI=1S/C21H16F6N2O5S/c1-9-20(35(31,32)28-2)15(30)8-14(29-9)10-6-13(23)11(21(25,26)27)7-17(10)34-16-5-4-12(22)18(24)19(16)33-3/h4-8,28H,1-3H3,(H,29,30). The Labute approximate surface area is 195 Å². The summed E-state index contributed by atoms with van der Waals surface area (Å²) in [5, 5.41) is 10.3. The van der Waals surface area contributed by atoms with Gasteiger partial charge in [0, 0.05) is 11.6 Å². The van der Waals surface area contributed by atoms with Crippen LogP contribution < -0.4 is 14.2 Å². The van der Waals surface area contributed by atoms with E-state index in [-0.39, 0.29) is 17.5 Å².